The first-order valence-corrected chi connectivity index (χ1v) is 9.10. The molecule has 0 unspecified atom stereocenters. The Morgan fingerprint density at radius 2 is 1.67 bits per heavy atom. The molecule has 0 saturated carbocycles. The van der Waals surface area contributed by atoms with E-state index in [1.165, 1.54) is 34.3 Å². The largest absolute Gasteiger partial charge is 0.364 e. The van der Waals surface area contributed by atoms with Gasteiger partial charge in [0.2, 0.25) is 0 Å². The van der Waals surface area contributed by atoms with E-state index in [-0.39, 0.29) is 5.82 Å². The van der Waals surface area contributed by atoms with Gasteiger partial charge in [-0.15, -0.1) is 0 Å². The van der Waals surface area contributed by atoms with Crippen LogP contribution < -0.4 is 5.32 Å². The molecule has 0 atom stereocenters. The molecule has 27 heavy (non-hydrogen) atoms. The summed E-state index contributed by atoms with van der Waals surface area (Å²) in [6.07, 6.45) is 1.85. The SMILES string of the molecule is Cc1c(C)n(Cc2ccc(F)cc2)c2c(NCc3ccccc3)nccc12. The molecule has 4 heteroatoms. The number of hydrogen-bond acceptors (Lipinski definition) is 2. The number of nitrogens with one attached hydrogen (secondary N) is 1. The second kappa shape index (κ2) is 7.23. The van der Waals surface area contributed by atoms with Crippen molar-refractivity contribution in [2.45, 2.75) is 26.9 Å². The molecule has 0 saturated heterocycles. The van der Waals surface area contributed by atoms with Gasteiger partial charge in [0.1, 0.15) is 5.82 Å². The lowest BCUT2D eigenvalue weighted by Crippen LogP contribution is -2.07. The van der Waals surface area contributed by atoms with Crippen LogP contribution in [0.15, 0.2) is 66.9 Å². The lowest BCUT2D eigenvalue weighted by Gasteiger charge is -2.13. The van der Waals surface area contributed by atoms with Crippen molar-refractivity contribution < 1.29 is 4.39 Å². The van der Waals surface area contributed by atoms with E-state index in [0.29, 0.717) is 13.1 Å². The van der Waals surface area contributed by atoms with Crippen molar-refractivity contribution in [3.63, 3.8) is 0 Å². The van der Waals surface area contributed by atoms with Crippen LogP contribution >= 0.6 is 0 Å². The summed E-state index contributed by atoms with van der Waals surface area (Å²) in [6, 6.07) is 19.0. The molecule has 0 bridgehead atoms. The third kappa shape index (κ3) is 3.43. The highest BCUT2D eigenvalue weighted by atomic mass is 19.1. The Morgan fingerprint density at radius 3 is 2.41 bits per heavy atom. The van der Waals surface area contributed by atoms with E-state index in [2.05, 4.69) is 46.9 Å². The van der Waals surface area contributed by atoms with Crippen molar-refractivity contribution in [1.82, 2.24) is 9.55 Å². The molecule has 0 amide bonds. The summed E-state index contributed by atoms with van der Waals surface area (Å²) in [6.45, 7) is 5.66. The highest BCUT2D eigenvalue weighted by Gasteiger charge is 2.15. The van der Waals surface area contributed by atoms with Crippen LogP contribution in [0.5, 0.6) is 0 Å². The maximum absolute atomic E-state index is 13.3. The lowest BCUT2D eigenvalue weighted by molar-refractivity contribution is 0.626. The lowest BCUT2D eigenvalue weighted by atomic mass is 10.2. The number of pyridine rings is 1. The van der Waals surface area contributed by atoms with E-state index >= 15 is 0 Å². The van der Waals surface area contributed by atoms with Gasteiger partial charge < -0.3 is 9.88 Å². The predicted octanol–water partition coefficient (Wildman–Crippen LogP) is 5.45. The van der Waals surface area contributed by atoms with E-state index in [4.69, 9.17) is 0 Å². The average molecular weight is 359 g/mol. The summed E-state index contributed by atoms with van der Waals surface area (Å²) in [5.74, 6) is 0.658. The molecule has 4 aromatic rings. The van der Waals surface area contributed by atoms with Crippen LogP contribution in [0.3, 0.4) is 0 Å². The summed E-state index contributed by atoms with van der Waals surface area (Å²) < 4.78 is 15.5. The molecule has 2 heterocycles. The van der Waals surface area contributed by atoms with Crippen molar-refractivity contribution in [2.75, 3.05) is 5.32 Å². The molecule has 3 nitrogen and oxygen atoms in total. The van der Waals surface area contributed by atoms with E-state index in [9.17, 15) is 4.39 Å². The Kier molecular flexibility index (Phi) is 4.63. The van der Waals surface area contributed by atoms with Gasteiger partial charge in [-0.2, -0.15) is 0 Å². The Hall–Kier alpha value is -3.14. The number of aromatic nitrogens is 2. The minimum absolute atomic E-state index is 0.212. The van der Waals surface area contributed by atoms with Gasteiger partial charge in [-0.05, 0) is 48.7 Å². The fourth-order valence-corrected chi connectivity index (χ4v) is 3.48. The number of benzene rings is 2. The molecule has 4 rings (SSSR count). The highest BCUT2D eigenvalue weighted by Crippen LogP contribution is 2.30. The van der Waals surface area contributed by atoms with Crippen molar-refractivity contribution in [3.8, 4) is 0 Å². The van der Waals surface area contributed by atoms with Gasteiger partial charge in [-0.1, -0.05) is 42.5 Å². The first-order chi connectivity index (χ1) is 13.1. The average Bonchev–Trinajstić information content (AvgIpc) is 2.94. The fourth-order valence-electron chi connectivity index (χ4n) is 3.48. The third-order valence-corrected chi connectivity index (χ3v) is 5.10. The smallest absolute Gasteiger partial charge is 0.150 e. The van der Waals surface area contributed by atoms with Crippen LogP contribution in [-0.4, -0.2) is 9.55 Å². The number of nitrogens with zero attached hydrogens (tertiary/aromatic N) is 2. The maximum Gasteiger partial charge on any atom is 0.150 e. The molecule has 0 aliphatic heterocycles. The van der Waals surface area contributed by atoms with Crippen LogP contribution in [0, 0.1) is 19.7 Å². The van der Waals surface area contributed by atoms with Crippen LogP contribution in [0.25, 0.3) is 10.9 Å². The summed E-state index contributed by atoms with van der Waals surface area (Å²) in [5, 5.41) is 4.68. The quantitative estimate of drug-likeness (QED) is 0.513. The summed E-state index contributed by atoms with van der Waals surface area (Å²) in [7, 11) is 0. The number of halogens is 1. The Balaban J connectivity index is 1.73. The zero-order valence-electron chi connectivity index (χ0n) is 15.5. The number of hydrogen-bond donors (Lipinski definition) is 1. The van der Waals surface area contributed by atoms with Gasteiger partial charge in [0.25, 0.3) is 0 Å². The van der Waals surface area contributed by atoms with Crippen LogP contribution in [0.2, 0.25) is 0 Å². The minimum Gasteiger partial charge on any atom is -0.364 e. The molecule has 0 aliphatic rings. The summed E-state index contributed by atoms with van der Waals surface area (Å²) in [5.41, 5.74) is 5.81. The molecule has 0 aliphatic carbocycles. The van der Waals surface area contributed by atoms with Crippen molar-refractivity contribution in [3.05, 3.63) is 95.1 Å². The predicted molar refractivity (Wildman–Crippen MR) is 108 cm³/mol. The molecule has 1 N–H and O–H groups in total. The van der Waals surface area contributed by atoms with E-state index in [0.717, 1.165) is 16.9 Å². The molecule has 2 aromatic carbocycles. The Morgan fingerprint density at radius 1 is 0.926 bits per heavy atom. The van der Waals surface area contributed by atoms with Crippen molar-refractivity contribution >= 4 is 16.7 Å². The van der Waals surface area contributed by atoms with Crippen LogP contribution in [-0.2, 0) is 13.1 Å². The molecule has 0 fully saturated rings. The van der Waals surface area contributed by atoms with Crippen molar-refractivity contribution in [2.24, 2.45) is 0 Å². The second-order valence-electron chi connectivity index (χ2n) is 6.82. The topological polar surface area (TPSA) is 29.9 Å². The van der Waals surface area contributed by atoms with Gasteiger partial charge in [-0.3, -0.25) is 0 Å². The van der Waals surface area contributed by atoms with E-state index in [1.54, 1.807) is 0 Å². The van der Waals surface area contributed by atoms with Crippen LogP contribution in [0.1, 0.15) is 22.4 Å². The summed E-state index contributed by atoms with van der Waals surface area (Å²) in [4.78, 5) is 4.60. The van der Waals surface area contributed by atoms with Gasteiger partial charge in [0.05, 0.1) is 5.52 Å². The van der Waals surface area contributed by atoms with Gasteiger partial charge in [-0.25, -0.2) is 9.37 Å². The molecular formula is C23H22FN3. The van der Waals surface area contributed by atoms with Gasteiger partial charge in [0, 0.05) is 30.4 Å². The molecule has 2 aromatic heterocycles. The molecule has 136 valence electrons. The fraction of sp³-hybridized carbons (Fsp3) is 0.174. The van der Waals surface area contributed by atoms with Gasteiger partial charge >= 0.3 is 0 Å². The number of aryl methyl sites for hydroxylation is 1. The zero-order chi connectivity index (χ0) is 18.8. The first kappa shape index (κ1) is 17.3. The van der Waals surface area contributed by atoms with Crippen LogP contribution in [0.4, 0.5) is 10.2 Å². The Labute approximate surface area is 158 Å². The molecule has 0 radical (unpaired) electrons. The number of fused-ring (bicyclic) bond motifs is 1. The monoisotopic (exact) mass is 359 g/mol. The zero-order valence-corrected chi connectivity index (χ0v) is 15.5. The number of anilines is 1. The minimum atomic E-state index is -0.212. The number of rotatable bonds is 5. The highest BCUT2D eigenvalue weighted by molar-refractivity contribution is 5.93. The molecular weight excluding hydrogens is 337 g/mol. The third-order valence-electron chi connectivity index (χ3n) is 5.10. The standard InChI is InChI=1S/C23H22FN3/c1-16-17(2)27(15-19-8-10-20(24)11-9-19)22-21(16)12-13-25-23(22)26-14-18-6-4-3-5-7-18/h3-13H,14-15H2,1-2H3,(H,25,26). The van der Waals surface area contributed by atoms with E-state index in [1.807, 2.05) is 36.5 Å². The summed E-state index contributed by atoms with van der Waals surface area (Å²) >= 11 is 0. The second-order valence-corrected chi connectivity index (χ2v) is 6.82. The van der Waals surface area contributed by atoms with E-state index < -0.39 is 0 Å². The first-order valence-electron chi connectivity index (χ1n) is 9.10. The Bertz CT molecular complexity index is 1070. The normalized spacial score (nSPS) is 11.1. The molecule has 0 spiro atoms. The maximum atomic E-state index is 13.3. The van der Waals surface area contributed by atoms with Gasteiger partial charge in [0.15, 0.2) is 5.82 Å². The van der Waals surface area contributed by atoms with Crippen molar-refractivity contribution in [1.29, 1.82) is 0 Å².